The summed E-state index contributed by atoms with van der Waals surface area (Å²) in [6, 6.07) is 8.20. The van der Waals surface area contributed by atoms with Crippen LogP contribution in [0, 0.1) is 0 Å². The van der Waals surface area contributed by atoms with E-state index in [1.807, 2.05) is 19.2 Å². The Morgan fingerprint density at radius 3 is 3.00 bits per heavy atom. The molecule has 0 aromatic heterocycles. The fourth-order valence-corrected chi connectivity index (χ4v) is 2.81. The lowest BCUT2D eigenvalue weighted by Gasteiger charge is -2.24. The molecule has 0 radical (unpaired) electrons. The third kappa shape index (κ3) is 0.928. The molecule has 0 saturated carbocycles. The Kier molecular flexibility index (Phi) is 1.48. The molecule has 2 aliphatic heterocycles. The number of anilines is 1. The van der Waals surface area contributed by atoms with Crippen molar-refractivity contribution >= 4 is 11.7 Å². The number of hydrogen-bond acceptors (Lipinski definition) is 3. The smallest absolute Gasteiger partial charge is 0.308 e. The van der Waals surface area contributed by atoms with Gasteiger partial charge in [-0.15, -0.1) is 0 Å². The van der Waals surface area contributed by atoms with Crippen LogP contribution in [0.25, 0.3) is 0 Å². The summed E-state index contributed by atoms with van der Waals surface area (Å²) in [6.07, 6.45) is 0.362. The maximum absolute atomic E-state index is 11.4. The summed E-state index contributed by atoms with van der Waals surface area (Å²) in [5, 5.41) is 0. The molecule has 1 aromatic rings. The average Bonchev–Trinajstić information content (AvgIpc) is 2.62. The lowest BCUT2D eigenvalue weighted by Crippen LogP contribution is -2.37. The number of carbonyl (C=O) groups is 1. The van der Waals surface area contributed by atoms with Crippen molar-refractivity contribution < 1.29 is 9.53 Å². The molecule has 15 heavy (non-hydrogen) atoms. The number of nitrogens with zero attached hydrogens (tertiary/aromatic N) is 1. The molecule has 3 heteroatoms. The van der Waals surface area contributed by atoms with Crippen LogP contribution in [0.4, 0.5) is 5.69 Å². The van der Waals surface area contributed by atoms with Crippen molar-refractivity contribution in [2.24, 2.45) is 0 Å². The van der Waals surface area contributed by atoms with E-state index in [4.69, 9.17) is 4.74 Å². The SMILES string of the molecule is CN1c2ccccc2C2(C)CC(=O)OC12. The van der Waals surface area contributed by atoms with Crippen molar-refractivity contribution in [1.82, 2.24) is 0 Å². The molecular formula is C12H13NO2. The van der Waals surface area contributed by atoms with Crippen LogP contribution < -0.4 is 4.90 Å². The predicted octanol–water partition coefficient (Wildman–Crippen LogP) is 1.67. The number of ether oxygens (including phenoxy) is 1. The summed E-state index contributed by atoms with van der Waals surface area (Å²) in [6.45, 7) is 2.10. The van der Waals surface area contributed by atoms with Gasteiger partial charge < -0.3 is 9.64 Å². The van der Waals surface area contributed by atoms with Gasteiger partial charge >= 0.3 is 5.97 Å². The average molecular weight is 203 g/mol. The highest BCUT2D eigenvalue weighted by Crippen LogP contribution is 2.50. The number of benzene rings is 1. The first-order valence-corrected chi connectivity index (χ1v) is 5.15. The fourth-order valence-electron chi connectivity index (χ4n) is 2.81. The van der Waals surface area contributed by atoms with Gasteiger partial charge in [0, 0.05) is 12.7 Å². The first kappa shape index (κ1) is 8.77. The van der Waals surface area contributed by atoms with Crippen LogP contribution in [0.15, 0.2) is 24.3 Å². The lowest BCUT2D eigenvalue weighted by molar-refractivity contribution is -0.141. The van der Waals surface area contributed by atoms with E-state index in [0.29, 0.717) is 6.42 Å². The minimum Gasteiger partial charge on any atom is -0.441 e. The van der Waals surface area contributed by atoms with Gasteiger partial charge in [0.2, 0.25) is 0 Å². The van der Waals surface area contributed by atoms with Gasteiger partial charge in [0.1, 0.15) is 0 Å². The van der Waals surface area contributed by atoms with Crippen molar-refractivity contribution in [3.05, 3.63) is 29.8 Å². The molecule has 0 amide bonds. The summed E-state index contributed by atoms with van der Waals surface area (Å²) in [5.74, 6) is -0.0937. The molecule has 2 unspecified atom stereocenters. The van der Waals surface area contributed by atoms with Gasteiger partial charge in [-0.25, -0.2) is 0 Å². The van der Waals surface area contributed by atoms with Gasteiger partial charge in [0.05, 0.1) is 11.8 Å². The van der Waals surface area contributed by atoms with Crippen LogP contribution in [-0.2, 0) is 14.9 Å². The van der Waals surface area contributed by atoms with Crippen molar-refractivity contribution in [3.8, 4) is 0 Å². The molecular weight excluding hydrogens is 190 g/mol. The van der Waals surface area contributed by atoms with Crippen molar-refractivity contribution in [3.63, 3.8) is 0 Å². The van der Waals surface area contributed by atoms with E-state index >= 15 is 0 Å². The van der Waals surface area contributed by atoms with Crippen LogP contribution in [0.3, 0.4) is 0 Å². The zero-order valence-electron chi connectivity index (χ0n) is 8.86. The maximum Gasteiger partial charge on any atom is 0.308 e. The molecule has 78 valence electrons. The van der Waals surface area contributed by atoms with Gasteiger partial charge in [-0.05, 0) is 18.6 Å². The quantitative estimate of drug-likeness (QED) is 0.601. The number of fused-ring (bicyclic) bond motifs is 3. The Labute approximate surface area is 88.6 Å². The molecule has 2 atom stereocenters. The highest BCUT2D eigenvalue weighted by molar-refractivity contribution is 5.79. The van der Waals surface area contributed by atoms with E-state index in [2.05, 4.69) is 24.0 Å². The van der Waals surface area contributed by atoms with Crippen molar-refractivity contribution in [2.45, 2.75) is 25.0 Å². The summed E-state index contributed by atoms with van der Waals surface area (Å²) in [5.41, 5.74) is 2.24. The standard InChI is InChI=1S/C12H13NO2/c1-12-7-10(14)15-11(12)13(2)9-6-4-3-5-8(9)12/h3-6,11H,7H2,1-2H3. The van der Waals surface area contributed by atoms with Crippen molar-refractivity contribution in [1.29, 1.82) is 0 Å². The Morgan fingerprint density at radius 2 is 2.20 bits per heavy atom. The Hall–Kier alpha value is -1.51. The van der Waals surface area contributed by atoms with Crippen LogP contribution in [0.2, 0.25) is 0 Å². The zero-order chi connectivity index (χ0) is 10.6. The topological polar surface area (TPSA) is 29.5 Å². The van der Waals surface area contributed by atoms with Crippen molar-refractivity contribution in [2.75, 3.05) is 11.9 Å². The second-order valence-electron chi connectivity index (χ2n) is 4.56. The molecule has 0 bridgehead atoms. The highest BCUT2D eigenvalue weighted by atomic mass is 16.6. The van der Waals surface area contributed by atoms with Crippen LogP contribution in [-0.4, -0.2) is 19.2 Å². The summed E-state index contributed by atoms with van der Waals surface area (Å²) in [4.78, 5) is 13.4. The molecule has 3 nitrogen and oxygen atoms in total. The number of likely N-dealkylation sites (N-methyl/N-ethyl adjacent to an activating group) is 1. The minimum absolute atomic E-state index is 0.0937. The second kappa shape index (κ2) is 2.54. The molecule has 0 spiro atoms. The summed E-state index contributed by atoms with van der Waals surface area (Å²) >= 11 is 0. The number of para-hydroxylation sites is 1. The number of hydrogen-bond donors (Lipinski definition) is 0. The Bertz CT molecular complexity index is 443. The van der Waals surface area contributed by atoms with Gasteiger partial charge in [-0.2, -0.15) is 0 Å². The first-order chi connectivity index (χ1) is 7.13. The largest absolute Gasteiger partial charge is 0.441 e. The third-order valence-electron chi connectivity index (χ3n) is 3.55. The molecule has 1 fully saturated rings. The molecule has 2 aliphatic rings. The van der Waals surface area contributed by atoms with Crippen LogP contribution in [0.1, 0.15) is 18.9 Å². The Balaban J connectivity index is 2.20. The van der Waals surface area contributed by atoms with E-state index in [-0.39, 0.29) is 17.6 Å². The molecule has 0 aliphatic carbocycles. The van der Waals surface area contributed by atoms with Gasteiger partial charge in [0.25, 0.3) is 0 Å². The number of esters is 1. The maximum atomic E-state index is 11.4. The van der Waals surface area contributed by atoms with E-state index in [0.717, 1.165) is 0 Å². The van der Waals surface area contributed by atoms with Gasteiger partial charge in [0.15, 0.2) is 6.23 Å². The van der Waals surface area contributed by atoms with Gasteiger partial charge in [-0.3, -0.25) is 4.79 Å². The highest BCUT2D eigenvalue weighted by Gasteiger charge is 2.54. The third-order valence-corrected chi connectivity index (χ3v) is 3.55. The molecule has 2 heterocycles. The normalized spacial score (nSPS) is 32.5. The monoisotopic (exact) mass is 203 g/mol. The fraction of sp³-hybridized carbons (Fsp3) is 0.417. The first-order valence-electron chi connectivity index (χ1n) is 5.15. The molecule has 1 aromatic carbocycles. The minimum atomic E-state index is -0.164. The second-order valence-corrected chi connectivity index (χ2v) is 4.56. The van der Waals surface area contributed by atoms with Crippen LogP contribution >= 0.6 is 0 Å². The zero-order valence-corrected chi connectivity index (χ0v) is 8.86. The molecule has 3 rings (SSSR count). The van der Waals surface area contributed by atoms with E-state index in [1.54, 1.807) is 0 Å². The van der Waals surface area contributed by atoms with E-state index < -0.39 is 0 Å². The van der Waals surface area contributed by atoms with Crippen LogP contribution in [0.5, 0.6) is 0 Å². The van der Waals surface area contributed by atoms with Gasteiger partial charge in [-0.1, -0.05) is 18.2 Å². The number of carbonyl (C=O) groups excluding carboxylic acids is 1. The number of rotatable bonds is 0. The predicted molar refractivity (Wildman–Crippen MR) is 56.7 cm³/mol. The molecule has 0 N–H and O–H groups in total. The summed E-state index contributed by atoms with van der Waals surface area (Å²) in [7, 11) is 1.98. The summed E-state index contributed by atoms with van der Waals surface area (Å²) < 4.78 is 5.37. The molecule has 1 saturated heterocycles. The Morgan fingerprint density at radius 1 is 1.47 bits per heavy atom. The van der Waals surface area contributed by atoms with E-state index in [9.17, 15) is 4.79 Å². The lowest BCUT2D eigenvalue weighted by atomic mass is 9.82. The van der Waals surface area contributed by atoms with E-state index in [1.165, 1.54) is 11.3 Å².